The lowest BCUT2D eigenvalue weighted by Gasteiger charge is -2.35. The standard InChI is InChI=1S/C17H17NO7S/c1-17(8-7-14(20)25-10-11-5-3-2-4-6-11)15(16(21)22)18-12(19)9-13(18)26(17,23)24/h2-8,13,15H,9-10H2,1H3,(H,21,22)/b8-7+/t13-,15+,17+/m1/s1. The summed E-state index contributed by atoms with van der Waals surface area (Å²) in [5.74, 6) is -2.77. The number of carbonyl (C=O) groups is 3. The van der Waals surface area contributed by atoms with Crippen molar-refractivity contribution in [3.63, 3.8) is 0 Å². The number of fused-ring (bicyclic) bond motifs is 1. The predicted octanol–water partition coefficient (Wildman–Crippen LogP) is 0.485. The summed E-state index contributed by atoms with van der Waals surface area (Å²) < 4.78 is 28.5. The minimum atomic E-state index is -3.99. The zero-order valence-electron chi connectivity index (χ0n) is 13.9. The van der Waals surface area contributed by atoms with Crippen LogP contribution >= 0.6 is 0 Å². The van der Waals surface area contributed by atoms with Crippen molar-refractivity contribution in [2.45, 2.75) is 36.1 Å². The molecule has 26 heavy (non-hydrogen) atoms. The number of carboxylic acids is 1. The van der Waals surface area contributed by atoms with Gasteiger partial charge in [-0.3, -0.25) is 4.79 Å². The summed E-state index contributed by atoms with van der Waals surface area (Å²) in [6, 6.07) is 7.33. The maximum Gasteiger partial charge on any atom is 0.330 e. The zero-order valence-corrected chi connectivity index (χ0v) is 14.7. The number of amides is 1. The Hall–Kier alpha value is -2.68. The lowest BCUT2D eigenvalue weighted by Crippen LogP contribution is -2.57. The molecule has 0 aromatic heterocycles. The highest BCUT2D eigenvalue weighted by Gasteiger charge is 2.69. The second-order valence-corrected chi connectivity index (χ2v) is 8.87. The van der Waals surface area contributed by atoms with Crippen LogP contribution in [0.4, 0.5) is 0 Å². The van der Waals surface area contributed by atoms with Crippen molar-refractivity contribution < 1.29 is 32.6 Å². The molecule has 2 heterocycles. The van der Waals surface area contributed by atoms with Gasteiger partial charge in [0.1, 0.15) is 16.7 Å². The van der Waals surface area contributed by atoms with Gasteiger partial charge in [-0.15, -0.1) is 0 Å². The van der Waals surface area contributed by atoms with E-state index in [2.05, 4.69) is 0 Å². The van der Waals surface area contributed by atoms with Crippen molar-refractivity contribution in [1.82, 2.24) is 4.90 Å². The third-order valence-corrected chi connectivity index (χ3v) is 7.44. The summed E-state index contributed by atoms with van der Waals surface area (Å²) in [6.07, 6.45) is 1.68. The summed E-state index contributed by atoms with van der Waals surface area (Å²) >= 11 is 0. The Kier molecular flexibility index (Phi) is 4.35. The molecule has 2 saturated heterocycles. The van der Waals surface area contributed by atoms with Gasteiger partial charge in [0, 0.05) is 6.08 Å². The maximum atomic E-state index is 12.7. The van der Waals surface area contributed by atoms with Crippen LogP contribution in [-0.4, -0.2) is 52.4 Å². The highest BCUT2D eigenvalue weighted by atomic mass is 32.2. The second-order valence-electron chi connectivity index (χ2n) is 6.36. The van der Waals surface area contributed by atoms with E-state index in [9.17, 15) is 27.9 Å². The molecule has 3 rings (SSSR count). The zero-order chi connectivity index (χ0) is 19.1. The molecule has 0 spiro atoms. The van der Waals surface area contributed by atoms with E-state index in [4.69, 9.17) is 4.74 Å². The Morgan fingerprint density at radius 3 is 2.58 bits per heavy atom. The monoisotopic (exact) mass is 379 g/mol. The van der Waals surface area contributed by atoms with Crippen molar-refractivity contribution in [2.75, 3.05) is 0 Å². The van der Waals surface area contributed by atoms with Crippen LogP contribution in [-0.2, 0) is 35.6 Å². The molecule has 0 saturated carbocycles. The summed E-state index contributed by atoms with van der Waals surface area (Å²) in [5.41, 5.74) is 0.757. The molecule has 1 N–H and O–H groups in total. The molecule has 138 valence electrons. The number of aliphatic carboxylic acids is 1. The molecule has 0 aliphatic carbocycles. The smallest absolute Gasteiger partial charge is 0.330 e. The number of carboxylic acid groups (broad SMARTS) is 1. The average Bonchev–Trinajstić information content (AvgIpc) is 2.74. The van der Waals surface area contributed by atoms with Crippen LogP contribution in [0.5, 0.6) is 0 Å². The lowest BCUT2D eigenvalue weighted by molar-refractivity contribution is -0.157. The van der Waals surface area contributed by atoms with Crippen LogP contribution in [0, 0.1) is 0 Å². The van der Waals surface area contributed by atoms with Crippen LogP contribution in [0.1, 0.15) is 18.9 Å². The van der Waals surface area contributed by atoms with E-state index in [1.54, 1.807) is 24.3 Å². The minimum Gasteiger partial charge on any atom is -0.480 e. The number of sulfone groups is 1. The summed E-state index contributed by atoms with van der Waals surface area (Å²) in [6.45, 7) is 1.21. The van der Waals surface area contributed by atoms with E-state index in [1.165, 1.54) is 6.92 Å². The third-order valence-electron chi connectivity index (χ3n) is 4.75. The fourth-order valence-corrected chi connectivity index (χ4v) is 5.53. The Morgan fingerprint density at radius 2 is 2.00 bits per heavy atom. The van der Waals surface area contributed by atoms with Crippen molar-refractivity contribution in [2.24, 2.45) is 0 Å². The number of ether oxygens (including phenoxy) is 1. The van der Waals surface area contributed by atoms with Gasteiger partial charge in [0.05, 0.1) is 6.42 Å². The van der Waals surface area contributed by atoms with Crippen LogP contribution in [0.15, 0.2) is 42.5 Å². The first-order valence-electron chi connectivity index (χ1n) is 7.86. The van der Waals surface area contributed by atoms with Crippen molar-refractivity contribution in [3.8, 4) is 0 Å². The SMILES string of the molecule is C[C@]1(/C=C/C(=O)OCc2ccccc2)[C@H](C(=O)O)N2C(=O)C[C@H]2S1(=O)=O. The third kappa shape index (κ3) is 2.68. The molecule has 3 atom stereocenters. The topological polar surface area (TPSA) is 118 Å². The Labute approximate surface area is 150 Å². The lowest BCUT2D eigenvalue weighted by atomic mass is 9.96. The first kappa shape index (κ1) is 18.1. The molecule has 2 fully saturated rings. The quantitative estimate of drug-likeness (QED) is 0.449. The van der Waals surface area contributed by atoms with Crippen LogP contribution in [0.2, 0.25) is 0 Å². The highest BCUT2D eigenvalue weighted by molar-refractivity contribution is 7.94. The number of nitrogens with zero attached hydrogens (tertiary/aromatic N) is 1. The van der Waals surface area contributed by atoms with E-state index >= 15 is 0 Å². The van der Waals surface area contributed by atoms with Crippen LogP contribution in [0.25, 0.3) is 0 Å². The second kappa shape index (κ2) is 6.24. The van der Waals surface area contributed by atoms with Crippen molar-refractivity contribution >= 4 is 27.7 Å². The molecule has 1 aromatic carbocycles. The Morgan fingerprint density at radius 1 is 1.35 bits per heavy atom. The average molecular weight is 379 g/mol. The maximum absolute atomic E-state index is 12.7. The summed E-state index contributed by atoms with van der Waals surface area (Å²) in [5, 5.41) is 8.27. The van der Waals surface area contributed by atoms with Gasteiger partial charge in [-0.25, -0.2) is 18.0 Å². The van der Waals surface area contributed by atoms with Gasteiger partial charge in [-0.05, 0) is 12.5 Å². The molecule has 1 aromatic rings. The van der Waals surface area contributed by atoms with Gasteiger partial charge in [0.2, 0.25) is 5.91 Å². The fourth-order valence-electron chi connectivity index (χ4n) is 3.26. The Balaban J connectivity index is 1.79. The number of esters is 1. The molecule has 2 aliphatic heterocycles. The van der Waals surface area contributed by atoms with Crippen LogP contribution in [0.3, 0.4) is 0 Å². The summed E-state index contributed by atoms with van der Waals surface area (Å²) in [4.78, 5) is 36.0. The molecule has 0 bridgehead atoms. The van der Waals surface area contributed by atoms with E-state index < -0.39 is 43.8 Å². The number of rotatable bonds is 5. The van der Waals surface area contributed by atoms with Crippen molar-refractivity contribution in [3.05, 3.63) is 48.0 Å². The number of β-lactam (4-membered cyclic amide) rings is 1. The minimum absolute atomic E-state index is 0.00305. The van der Waals surface area contributed by atoms with Crippen molar-refractivity contribution in [1.29, 1.82) is 0 Å². The van der Waals surface area contributed by atoms with Gasteiger partial charge in [-0.2, -0.15) is 0 Å². The molecular weight excluding hydrogens is 362 g/mol. The van der Waals surface area contributed by atoms with Crippen LogP contribution < -0.4 is 0 Å². The van der Waals surface area contributed by atoms with Gasteiger partial charge >= 0.3 is 11.9 Å². The van der Waals surface area contributed by atoms with Gasteiger partial charge in [0.25, 0.3) is 0 Å². The number of hydrogen-bond donors (Lipinski definition) is 1. The predicted molar refractivity (Wildman–Crippen MR) is 89.4 cm³/mol. The first-order chi connectivity index (χ1) is 12.2. The largest absolute Gasteiger partial charge is 0.480 e. The molecule has 2 aliphatic rings. The molecule has 8 nitrogen and oxygen atoms in total. The van der Waals surface area contributed by atoms with E-state index in [0.29, 0.717) is 0 Å². The Bertz CT molecular complexity index is 893. The molecule has 0 unspecified atom stereocenters. The van der Waals surface area contributed by atoms with E-state index in [0.717, 1.165) is 22.6 Å². The number of benzene rings is 1. The molecule has 9 heteroatoms. The van der Waals surface area contributed by atoms with Gasteiger partial charge in [0.15, 0.2) is 15.9 Å². The molecule has 0 radical (unpaired) electrons. The number of carbonyl (C=O) groups excluding carboxylic acids is 2. The fraction of sp³-hybridized carbons (Fsp3) is 0.353. The summed E-state index contributed by atoms with van der Waals surface area (Å²) in [7, 11) is -3.99. The van der Waals surface area contributed by atoms with Gasteiger partial charge in [-0.1, -0.05) is 36.4 Å². The number of hydrogen-bond acceptors (Lipinski definition) is 6. The van der Waals surface area contributed by atoms with E-state index in [-0.39, 0.29) is 13.0 Å². The molecule has 1 amide bonds. The van der Waals surface area contributed by atoms with E-state index in [1.807, 2.05) is 6.07 Å². The normalized spacial score (nSPS) is 29.3. The molecular formula is C17H17NO7S. The van der Waals surface area contributed by atoms with Gasteiger partial charge < -0.3 is 14.7 Å². The highest BCUT2D eigenvalue weighted by Crippen LogP contribution is 2.46. The first-order valence-corrected chi connectivity index (χ1v) is 9.40.